The Morgan fingerprint density at radius 2 is 2.16 bits per heavy atom. The minimum Gasteiger partial charge on any atom is -0.331 e. The molecule has 1 aromatic carbocycles. The van der Waals surface area contributed by atoms with Crippen LogP contribution in [0, 0.1) is 0 Å². The minimum atomic E-state index is -4.41. The van der Waals surface area contributed by atoms with Gasteiger partial charge in [0, 0.05) is 12.4 Å². The molecular weight excluding hydrogens is 259 g/mol. The van der Waals surface area contributed by atoms with Crippen molar-refractivity contribution >= 4 is 11.9 Å². The van der Waals surface area contributed by atoms with Gasteiger partial charge < -0.3 is 4.98 Å². The monoisotopic (exact) mass is 269 g/mol. The Balaban J connectivity index is 2.05. The summed E-state index contributed by atoms with van der Waals surface area (Å²) in [5.74, 6) is -0.175. The van der Waals surface area contributed by atoms with Gasteiger partial charge in [0.15, 0.2) is 0 Å². The zero-order valence-corrected chi connectivity index (χ0v) is 9.66. The van der Waals surface area contributed by atoms with E-state index in [-0.39, 0.29) is 12.4 Å². The van der Waals surface area contributed by atoms with Crippen molar-refractivity contribution in [1.29, 1.82) is 0 Å². The third-order valence-electron chi connectivity index (χ3n) is 2.38. The maximum Gasteiger partial charge on any atom is 0.416 e. The zero-order valence-electron chi connectivity index (χ0n) is 9.66. The average molecular weight is 269 g/mol. The normalized spacial score (nSPS) is 11.3. The molecule has 0 spiro atoms. The lowest BCUT2D eigenvalue weighted by Gasteiger charge is -2.08. The number of imidazole rings is 1. The molecule has 0 atom stereocenters. The highest BCUT2D eigenvalue weighted by Crippen LogP contribution is 2.29. The van der Waals surface area contributed by atoms with E-state index in [4.69, 9.17) is 0 Å². The highest BCUT2D eigenvalue weighted by molar-refractivity contribution is 5.90. The molecule has 1 amide bonds. The second-order valence-electron chi connectivity index (χ2n) is 3.86. The number of nitrogens with one attached hydrogen (secondary N) is 2. The van der Waals surface area contributed by atoms with Gasteiger partial charge in [-0.2, -0.15) is 13.2 Å². The van der Waals surface area contributed by atoms with E-state index in [2.05, 4.69) is 15.3 Å². The number of alkyl halides is 3. The Hall–Kier alpha value is -2.31. The van der Waals surface area contributed by atoms with Crippen molar-refractivity contribution in [3.05, 3.63) is 47.8 Å². The largest absolute Gasteiger partial charge is 0.416 e. The van der Waals surface area contributed by atoms with Crippen LogP contribution in [-0.4, -0.2) is 15.9 Å². The second-order valence-corrected chi connectivity index (χ2v) is 3.86. The number of nitrogens with zero attached hydrogens (tertiary/aromatic N) is 1. The van der Waals surface area contributed by atoms with Crippen molar-refractivity contribution in [3.63, 3.8) is 0 Å². The van der Waals surface area contributed by atoms with E-state index in [1.54, 1.807) is 0 Å². The third-order valence-corrected chi connectivity index (χ3v) is 2.38. The molecule has 2 aromatic rings. The first-order valence-electron chi connectivity index (χ1n) is 5.40. The Labute approximate surface area is 106 Å². The van der Waals surface area contributed by atoms with Crippen LogP contribution in [0.2, 0.25) is 0 Å². The summed E-state index contributed by atoms with van der Waals surface area (Å²) < 4.78 is 37.5. The van der Waals surface area contributed by atoms with Gasteiger partial charge in [-0.1, -0.05) is 18.2 Å². The molecule has 2 N–H and O–H groups in total. The number of H-pyrrole nitrogens is 1. The number of aromatic nitrogens is 2. The van der Waals surface area contributed by atoms with E-state index < -0.39 is 17.6 Å². The number of carbonyl (C=O) groups is 1. The van der Waals surface area contributed by atoms with Crippen LogP contribution in [-0.2, 0) is 17.4 Å². The molecule has 0 aliphatic rings. The summed E-state index contributed by atoms with van der Waals surface area (Å²) in [4.78, 5) is 18.0. The van der Waals surface area contributed by atoms with Crippen LogP contribution in [0.1, 0.15) is 11.1 Å². The first-order chi connectivity index (χ1) is 8.95. The van der Waals surface area contributed by atoms with Crippen LogP contribution in [0.15, 0.2) is 36.7 Å². The van der Waals surface area contributed by atoms with Crippen LogP contribution < -0.4 is 5.32 Å². The molecule has 0 unspecified atom stereocenters. The predicted molar refractivity (Wildman–Crippen MR) is 62.4 cm³/mol. The molecular formula is C12H10F3N3O. The van der Waals surface area contributed by atoms with Gasteiger partial charge in [0.2, 0.25) is 11.9 Å². The molecule has 4 nitrogen and oxygen atoms in total. The van der Waals surface area contributed by atoms with E-state index in [9.17, 15) is 18.0 Å². The SMILES string of the molecule is O=C(Cc1cccc(C(F)(F)F)c1)Nc1ncc[nH]1. The molecule has 0 saturated carbocycles. The Bertz CT molecular complexity index is 564. The summed E-state index contributed by atoms with van der Waals surface area (Å²) in [6.07, 6.45) is -1.57. The quantitative estimate of drug-likeness (QED) is 0.899. The highest BCUT2D eigenvalue weighted by atomic mass is 19.4. The van der Waals surface area contributed by atoms with E-state index in [1.807, 2.05) is 0 Å². The molecule has 7 heteroatoms. The van der Waals surface area contributed by atoms with Gasteiger partial charge in [0.1, 0.15) is 0 Å². The van der Waals surface area contributed by atoms with Gasteiger partial charge in [-0.15, -0.1) is 0 Å². The number of rotatable bonds is 3. The zero-order chi connectivity index (χ0) is 13.9. The Kier molecular flexibility index (Phi) is 3.55. The van der Waals surface area contributed by atoms with Crippen molar-refractivity contribution in [1.82, 2.24) is 9.97 Å². The minimum absolute atomic E-state index is 0.148. The molecule has 2 rings (SSSR count). The van der Waals surface area contributed by atoms with Crippen LogP contribution in [0.5, 0.6) is 0 Å². The molecule has 0 saturated heterocycles. The maximum absolute atomic E-state index is 12.5. The Morgan fingerprint density at radius 1 is 1.37 bits per heavy atom. The summed E-state index contributed by atoms with van der Waals surface area (Å²) in [6.45, 7) is 0. The fourth-order valence-corrected chi connectivity index (χ4v) is 1.55. The molecule has 0 bridgehead atoms. The van der Waals surface area contributed by atoms with Gasteiger partial charge in [-0.25, -0.2) is 4.98 Å². The van der Waals surface area contributed by atoms with E-state index in [0.717, 1.165) is 12.1 Å². The number of anilines is 1. The van der Waals surface area contributed by atoms with Gasteiger partial charge in [0.25, 0.3) is 0 Å². The highest BCUT2D eigenvalue weighted by Gasteiger charge is 2.30. The lowest BCUT2D eigenvalue weighted by Crippen LogP contribution is -2.16. The van der Waals surface area contributed by atoms with E-state index in [0.29, 0.717) is 5.56 Å². The van der Waals surface area contributed by atoms with Crippen LogP contribution >= 0.6 is 0 Å². The topological polar surface area (TPSA) is 57.8 Å². The number of amides is 1. The number of halogens is 3. The summed E-state index contributed by atoms with van der Waals surface area (Å²) in [7, 11) is 0. The number of hydrogen-bond donors (Lipinski definition) is 2. The number of hydrogen-bond acceptors (Lipinski definition) is 2. The van der Waals surface area contributed by atoms with Crippen molar-refractivity contribution in [2.45, 2.75) is 12.6 Å². The fourth-order valence-electron chi connectivity index (χ4n) is 1.55. The third kappa shape index (κ3) is 3.57. The number of aromatic amines is 1. The van der Waals surface area contributed by atoms with E-state index >= 15 is 0 Å². The van der Waals surface area contributed by atoms with Gasteiger partial charge in [-0.3, -0.25) is 10.1 Å². The van der Waals surface area contributed by atoms with Crippen LogP contribution in [0.3, 0.4) is 0 Å². The molecule has 19 heavy (non-hydrogen) atoms. The van der Waals surface area contributed by atoms with Crippen LogP contribution in [0.25, 0.3) is 0 Å². The van der Waals surface area contributed by atoms with Gasteiger partial charge in [-0.05, 0) is 11.6 Å². The molecule has 100 valence electrons. The predicted octanol–water partition coefficient (Wildman–Crippen LogP) is 2.61. The lowest BCUT2D eigenvalue weighted by molar-refractivity contribution is -0.137. The first-order valence-corrected chi connectivity index (χ1v) is 5.40. The molecule has 0 fully saturated rings. The molecule has 0 aliphatic carbocycles. The summed E-state index contributed by atoms with van der Waals surface area (Å²) in [5, 5.41) is 2.44. The lowest BCUT2D eigenvalue weighted by atomic mass is 10.1. The number of carbonyl (C=O) groups excluding carboxylic acids is 1. The summed E-state index contributed by atoms with van der Waals surface area (Å²) in [5.41, 5.74) is -0.477. The standard InChI is InChI=1S/C12H10F3N3O/c13-12(14,15)9-3-1-2-8(6-9)7-10(19)18-11-16-4-5-17-11/h1-6H,7H2,(H2,16,17,18,19). The van der Waals surface area contributed by atoms with Gasteiger partial charge >= 0.3 is 6.18 Å². The second kappa shape index (κ2) is 5.13. The Morgan fingerprint density at radius 3 is 2.79 bits per heavy atom. The summed E-state index contributed by atoms with van der Waals surface area (Å²) in [6, 6.07) is 4.67. The maximum atomic E-state index is 12.5. The number of benzene rings is 1. The van der Waals surface area contributed by atoms with Crippen LogP contribution in [0.4, 0.5) is 19.1 Å². The van der Waals surface area contributed by atoms with Gasteiger partial charge in [0.05, 0.1) is 12.0 Å². The first kappa shape index (κ1) is 13.1. The molecule has 1 aromatic heterocycles. The molecule has 1 heterocycles. The van der Waals surface area contributed by atoms with Crippen molar-refractivity contribution in [2.75, 3.05) is 5.32 Å². The fraction of sp³-hybridized carbons (Fsp3) is 0.167. The van der Waals surface area contributed by atoms with Crippen molar-refractivity contribution < 1.29 is 18.0 Å². The average Bonchev–Trinajstić information content (AvgIpc) is 2.80. The van der Waals surface area contributed by atoms with Crippen molar-refractivity contribution in [2.24, 2.45) is 0 Å². The van der Waals surface area contributed by atoms with E-state index in [1.165, 1.54) is 24.5 Å². The van der Waals surface area contributed by atoms with Crippen molar-refractivity contribution in [3.8, 4) is 0 Å². The molecule has 0 radical (unpaired) electrons. The molecule has 0 aliphatic heterocycles. The smallest absolute Gasteiger partial charge is 0.331 e. The summed E-state index contributed by atoms with van der Waals surface area (Å²) >= 11 is 0.